The number of hydrogen-bond acceptors (Lipinski definition) is 5. The zero-order valence-electron chi connectivity index (χ0n) is 18.2. The van der Waals surface area contributed by atoms with Crippen molar-refractivity contribution in [1.29, 1.82) is 0 Å². The van der Waals surface area contributed by atoms with Crippen molar-refractivity contribution < 1.29 is 13.2 Å². The van der Waals surface area contributed by atoms with E-state index < -0.39 is 16.2 Å². The number of sulfonamides is 1. The first-order valence-electron chi connectivity index (χ1n) is 11.5. The molecule has 1 aliphatic carbocycles. The number of nitrogens with one attached hydrogen (secondary N) is 2. The van der Waals surface area contributed by atoms with Gasteiger partial charge in [0.1, 0.15) is 11.1 Å². The maximum Gasteiger partial charge on any atom is 0.253 e. The Bertz CT molecular complexity index is 1070. The van der Waals surface area contributed by atoms with Crippen LogP contribution in [0.25, 0.3) is 0 Å². The molecule has 2 N–H and O–H groups in total. The van der Waals surface area contributed by atoms with Gasteiger partial charge in [0, 0.05) is 37.8 Å². The van der Waals surface area contributed by atoms with Crippen LogP contribution in [0.15, 0.2) is 53.4 Å². The molecule has 1 saturated carbocycles. The van der Waals surface area contributed by atoms with Crippen LogP contribution < -0.4 is 10.0 Å². The summed E-state index contributed by atoms with van der Waals surface area (Å²) in [6.45, 7) is 3.42. The van der Waals surface area contributed by atoms with Crippen molar-refractivity contribution in [2.75, 3.05) is 31.5 Å². The molecule has 5 rings (SSSR count). The SMILES string of the molecule is O=C(c1ccc([C@H]2Nc3ccccc3S(=O)(=O)N2)cc1)N1CCN(C2CCCCC2)CC1. The van der Waals surface area contributed by atoms with Gasteiger partial charge in [-0.1, -0.05) is 43.5 Å². The number of amides is 1. The van der Waals surface area contributed by atoms with Crippen LogP contribution in [0.1, 0.15) is 54.2 Å². The van der Waals surface area contributed by atoms with E-state index in [1.807, 2.05) is 17.0 Å². The average molecular weight is 455 g/mol. The van der Waals surface area contributed by atoms with Crippen LogP contribution in [0.2, 0.25) is 0 Å². The third-order valence-electron chi connectivity index (χ3n) is 6.93. The van der Waals surface area contributed by atoms with E-state index >= 15 is 0 Å². The molecule has 3 aliphatic rings. The van der Waals surface area contributed by atoms with Crippen LogP contribution in [0.5, 0.6) is 0 Å². The summed E-state index contributed by atoms with van der Waals surface area (Å²) in [5.41, 5.74) is 1.98. The average Bonchev–Trinajstić information content (AvgIpc) is 2.84. The van der Waals surface area contributed by atoms with E-state index in [-0.39, 0.29) is 10.8 Å². The van der Waals surface area contributed by atoms with Crippen molar-refractivity contribution in [2.45, 2.75) is 49.2 Å². The van der Waals surface area contributed by atoms with Gasteiger partial charge in [-0.2, -0.15) is 4.72 Å². The third kappa shape index (κ3) is 4.27. The summed E-state index contributed by atoms with van der Waals surface area (Å²) >= 11 is 0. The fraction of sp³-hybridized carbons (Fsp3) is 0.458. The number of anilines is 1. The van der Waals surface area contributed by atoms with Crippen LogP contribution in [-0.2, 0) is 10.0 Å². The molecule has 0 bridgehead atoms. The molecule has 2 fully saturated rings. The second-order valence-corrected chi connectivity index (χ2v) is 10.6. The van der Waals surface area contributed by atoms with Crippen LogP contribution in [0.3, 0.4) is 0 Å². The Morgan fingerprint density at radius 3 is 2.28 bits per heavy atom. The van der Waals surface area contributed by atoms with Gasteiger partial charge in [-0.05, 0) is 42.7 Å². The van der Waals surface area contributed by atoms with Crippen LogP contribution in [0, 0.1) is 0 Å². The van der Waals surface area contributed by atoms with Gasteiger partial charge >= 0.3 is 0 Å². The molecule has 1 saturated heterocycles. The number of nitrogens with zero attached hydrogens (tertiary/aromatic N) is 2. The molecule has 0 spiro atoms. The lowest BCUT2D eigenvalue weighted by Crippen LogP contribution is -2.52. The molecule has 8 heteroatoms. The first-order chi connectivity index (χ1) is 15.5. The second kappa shape index (κ2) is 8.84. The highest BCUT2D eigenvalue weighted by Gasteiger charge is 2.30. The number of hydrogen-bond donors (Lipinski definition) is 2. The molecule has 2 aromatic carbocycles. The van der Waals surface area contributed by atoms with E-state index in [4.69, 9.17) is 0 Å². The Hall–Kier alpha value is -2.42. The molecule has 2 aromatic rings. The number of fused-ring (bicyclic) bond motifs is 1. The summed E-state index contributed by atoms with van der Waals surface area (Å²) < 4.78 is 27.8. The van der Waals surface area contributed by atoms with Gasteiger partial charge in [0.05, 0.1) is 5.69 Å². The molecule has 2 aliphatic heterocycles. The fourth-order valence-electron chi connectivity index (χ4n) is 5.11. The van der Waals surface area contributed by atoms with E-state index in [0.29, 0.717) is 17.3 Å². The van der Waals surface area contributed by atoms with Gasteiger partial charge < -0.3 is 10.2 Å². The van der Waals surface area contributed by atoms with Crippen molar-refractivity contribution >= 4 is 21.6 Å². The Labute approximate surface area is 189 Å². The summed E-state index contributed by atoms with van der Waals surface area (Å²) in [5, 5.41) is 3.23. The van der Waals surface area contributed by atoms with E-state index in [9.17, 15) is 13.2 Å². The van der Waals surface area contributed by atoms with Crippen molar-refractivity contribution in [3.05, 3.63) is 59.7 Å². The van der Waals surface area contributed by atoms with Crippen LogP contribution in [0.4, 0.5) is 5.69 Å². The van der Waals surface area contributed by atoms with Crippen molar-refractivity contribution in [2.24, 2.45) is 0 Å². The smallest absolute Gasteiger partial charge is 0.253 e. The fourth-order valence-corrected chi connectivity index (χ4v) is 6.42. The minimum Gasteiger partial charge on any atom is -0.364 e. The molecule has 32 heavy (non-hydrogen) atoms. The highest BCUT2D eigenvalue weighted by atomic mass is 32.2. The summed E-state index contributed by atoms with van der Waals surface area (Å²) in [5.74, 6) is 0.0439. The van der Waals surface area contributed by atoms with Gasteiger partial charge in [-0.15, -0.1) is 0 Å². The Kier molecular flexibility index (Phi) is 5.92. The van der Waals surface area contributed by atoms with E-state index in [1.165, 1.54) is 32.1 Å². The summed E-state index contributed by atoms with van der Waals surface area (Å²) in [7, 11) is -3.59. The normalized spacial score (nSPS) is 23.9. The molecule has 0 unspecified atom stereocenters. The summed E-state index contributed by atoms with van der Waals surface area (Å²) in [4.78, 5) is 17.8. The van der Waals surface area contributed by atoms with E-state index in [1.54, 1.807) is 36.4 Å². The van der Waals surface area contributed by atoms with Gasteiger partial charge in [0.15, 0.2) is 0 Å². The van der Waals surface area contributed by atoms with Gasteiger partial charge in [-0.25, -0.2) is 8.42 Å². The van der Waals surface area contributed by atoms with Gasteiger partial charge in [-0.3, -0.25) is 9.69 Å². The lowest BCUT2D eigenvalue weighted by Gasteiger charge is -2.40. The molecule has 1 amide bonds. The van der Waals surface area contributed by atoms with Crippen molar-refractivity contribution in [1.82, 2.24) is 14.5 Å². The quantitative estimate of drug-likeness (QED) is 0.745. The molecule has 2 heterocycles. The molecule has 0 radical (unpaired) electrons. The number of carbonyl (C=O) groups is 1. The third-order valence-corrected chi connectivity index (χ3v) is 8.41. The molecular weight excluding hydrogens is 424 g/mol. The second-order valence-electron chi connectivity index (χ2n) is 8.94. The first kappa shape index (κ1) is 21.4. The minimum absolute atomic E-state index is 0.0439. The minimum atomic E-state index is -3.59. The van der Waals surface area contributed by atoms with Gasteiger partial charge in [0.2, 0.25) is 10.0 Å². The number of piperazine rings is 1. The topological polar surface area (TPSA) is 81.7 Å². The summed E-state index contributed by atoms with van der Waals surface area (Å²) in [6, 6.07) is 14.8. The van der Waals surface area contributed by atoms with Crippen LogP contribution in [-0.4, -0.2) is 56.3 Å². The molecule has 170 valence electrons. The Balaban J connectivity index is 1.23. The molecule has 0 aromatic heterocycles. The van der Waals surface area contributed by atoms with Gasteiger partial charge in [0.25, 0.3) is 5.91 Å². The van der Waals surface area contributed by atoms with E-state index in [0.717, 1.165) is 31.7 Å². The molecular formula is C24H30N4O3S. The monoisotopic (exact) mass is 454 g/mol. The van der Waals surface area contributed by atoms with Crippen LogP contribution >= 0.6 is 0 Å². The summed E-state index contributed by atoms with van der Waals surface area (Å²) in [6.07, 6.45) is 6.02. The highest BCUT2D eigenvalue weighted by molar-refractivity contribution is 7.89. The number of carbonyl (C=O) groups excluding carboxylic acids is 1. The Morgan fingerprint density at radius 2 is 1.56 bits per heavy atom. The number of benzene rings is 2. The van der Waals surface area contributed by atoms with Crippen molar-refractivity contribution in [3.8, 4) is 0 Å². The predicted molar refractivity (Wildman–Crippen MR) is 124 cm³/mol. The maximum absolute atomic E-state index is 13.0. The highest BCUT2D eigenvalue weighted by Crippen LogP contribution is 2.31. The van der Waals surface area contributed by atoms with E-state index in [2.05, 4.69) is 14.9 Å². The predicted octanol–water partition coefficient (Wildman–Crippen LogP) is 3.18. The number of rotatable bonds is 3. The largest absolute Gasteiger partial charge is 0.364 e. The first-order valence-corrected chi connectivity index (χ1v) is 13.0. The lowest BCUT2D eigenvalue weighted by atomic mass is 9.94. The molecule has 1 atom stereocenters. The molecule has 7 nitrogen and oxygen atoms in total. The van der Waals surface area contributed by atoms with Crippen molar-refractivity contribution in [3.63, 3.8) is 0 Å². The maximum atomic E-state index is 13.0. The zero-order valence-corrected chi connectivity index (χ0v) is 19.0. The number of para-hydroxylation sites is 1. The standard InChI is InChI=1S/C24H30N4O3S/c29-24(28-16-14-27(15-17-28)20-6-2-1-3-7-20)19-12-10-18(11-13-19)23-25-21-8-4-5-9-22(21)32(30,31)26-23/h4-5,8-13,20,23,25-26H,1-3,6-7,14-17H2/t23-/m0/s1. The zero-order chi connectivity index (χ0) is 22.1. The lowest BCUT2D eigenvalue weighted by molar-refractivity contribution is 0.0523. The Morgan fingerprint density at radius 1 is 0.875 bits per heavy atom.